The van der Waals surface area contributed by atoms with E-state index in [1.165, 1.54) is 20.8 Å². The zero-order chi connectivity index (χ0) is 26.1. The first-order chi connectivity index (χ1) is 16.5. The van der Waals surface area contributed by atoms with Crippen LogP contribution in [0, 0.1) is 39.9 Å². The number of carboxylic acids is 3. The number of carboxylic acid groups (broad SMARTS) is 3. The van der Waals surface area contributed by atoms with Crippen LogP contribution in [0.1, 0.15) is 44.1 Å². The predicted molar refractivity (Wildman–Crippen MR) is 122 cm³/mol. The van der Waals surface area contributed by atoms with E-state index in [1.54, 1.807) is 14.7 Å². The van der Waals surface area contributed by atoms with Gasteiger partial charge in [-0.15, -0.1) is 0 Å². The zero-order valence-corrected chi connectivity index (χ0v) is 23.6. The van der Waals surface area contributed by atoms with Gasteiger partial charge >= 0.3 is 39.9 Å². The Morgan fingerprint density at radius 1 is 0.833 bits per heavy atom. The number of carbonyl (C=O) groups is 3. The predicted octanol–water partition coefficient (Wildman–Crippen LogP) is -3.43. The monoisotopic (exact) mass is 648 g/mol. The van der Waals surface area contributed by atoms with E-state index < -0.39 is 36.0 Å². The van der Waals surface area contributed by atoms with E-state index in [2.05, 4.69) is 5.32 Å². The molecule has 11 nitrogen and oxygen atoms in total. The van der Waals surface area contributed by atoms with Gasteiger partial charge in [0, 0.05) is 57.4 Å². The summed E-state index contributed by atoms with van der Waals surface area (Å²) in [6.45, 7) is 6.86. The van der Waals surface area contributed by atoms with Crippen molar-refractivity contribution in [3.63, 3.8) is 0 Å². The van der Waals surface area contributed by atoms with E-state index in [1.807, 2.05) is 19.2 Å². The molecule has 2 bridgehead atoms. The van der Waals surface area contributed by atoms with Crippen molar-refractivity contribution in [2.24, 2.45) is 0 Å². The van der Waals surface area contributed by atoms with Gasteiger partial charge in [-0.05, 0) is 64.9 Å². The number of nitrogens with zero attached hydrogens (tertiary/aromatic N) is 4. The molecule has 1 aliphatic rings. The van der Waals surface area contributed by atoms with E-state index in [4.69, 9.17) is 4.98 Å². The van der Waals surface area contributed by atoms with Crippen LogP contribution < -0.4 is 20.6 Å². The summed E-state index contributed by atoms with van der Waals surface area (Å²) in [6, 6.07) is 1.12. The van der Waals surface area contributed by atoms with Crippen molar-refractivity contribution in [1.29, 1.82) is 0 Å². The average molecular weight is 648 g/mol. The van der Waals surface area contributed by atoms with Gasteiger partial charge in [-0.25, -0.2) is 0 Å². The Bertz CT molecular complexity index is 836. The Kier molecular flexibility index (Phi) is 14.4. The second-order valence-corrected chi connectivity index (χ2v) is 9.13. The van der Waals surface area contributed by atoms with Crippen LogP contribution in [0.15, 0.2) is 12.1 Å². The molecule has 201 valence electrons. The Balaban J connectivity index is 0.00000648. The van der Waals surface area contributed by atoms with Crippen LogP contribution in [-0.2, 0) is 33.9 Å². The molecule has 0 aromatic carbocycles. The summed E-state index contributed by atoms with van der Waals surface area (Å²) in [5, 5.41) is 38.1. The second-order valence-electron chi connectivity index (χ2n) is 9.13. The number of fused-ring (bicyclic) bond motifs is 2. The molecule has 0 spiro atoms. The van der Waals surface area contributed by atoms with Crippen LogP contribution in [0.25, 0.3) is 0 Å². The van der Waals surface area contributed by atoms with Crippen LogP contribution in [0.5, 0.6) is 0 Å². The van der Waals surface area contributed by atoms with Gasteiger partial charge in [-0.3, -0.25) is 19.7 Å². The first kappa shape index (κ1) is 32.8. The molecule has 3 unspecified atom stereocenters. The molecular formula is C24H36GdN5O6. The molecule has 36 heavy (non-hydrogen) atoms. The fourth-order valence-electron chi connectivity index (χ4n) is 4.19. The average Bonchev–Trinajstić information content (AvgIpc) is 2.80. The molecule has 0 amide bonds. The number of rotatable bonds is 10. The largest absolute Gasteiger partial charge is 3.00 e. The molecule has 0 aliphatic carbocycles. The second kappa shape index (κ2) is 15.9. The quantitative estimate of drug-likeness (QED) is 0.253. The van der Waals surface area contributed by atoms with Crippen molar-refractivity contribution in [2.75, 3.05) is 39.8 Å². The minimum atomic E-state index is -1.26. The number of aromatic nitrogens is 1. The standard InChI is InChI=1S/C24H39N5O6.Gd/c1-16(22(30)31)27-8-10-28(17(2)23(32)33)14-20-12-19(6-5-7-25-4)13-21(26-20)15-29(11-9-27)18(3)24(34)35;/h12-13,16-18,25H,5-11,14-15H2,1-4H3,(H,30,31)(H,32,33)(H,34,35);/q;+3/p-3. The SMILES string of the molecule is CNCCCc1cc2nc(c1)CN(C(C)C(=O)[O-])CCN(C(C)C(=O)[O-])CCN(C(C)C(=O)[O-])C2.[Gd+3]. The van der Waals surface area contributed by atoms with Crippen molar-refractivity contribution in [3.05, 3.63) is 29.1 Å². The van der Waals surface area contributed by atoms with Crippen LogP contribution >= 0.6 is 0 Å². The molecule has 0 saturated carbocycles. The minimum Gasteiger partial charge on any atom is -0.548 e. The summed E-state index contributed by atoms with van der Waals surface area (Å²) in [4.78, 5) is 44.7. The van der Waals surface area contributed by atoms with Crippen LogP contribution in [-0.4, -0.2) is 95.5 Å². The number of pyridine rings is 1. The minimum absolute atomic E-state index is 0. The first-order valence-electron chi connectivity index (χ1n) is 12.0. The number of aryl methyl sites for hydroxylation is 1. The van der Waals surface area contributed by atoms with Gasteiger partial charge < -0.3 is 35.0 Å². The summed E-state index contributed by atoms with van der Waals surface area (Å²) in [5.41, 5.74) is 2.36. The number of carbonyl (C=O) groups excluding carboxylic acids is 3. The van der Waals surface area contributed by atoms with E-state index in [-0.39, 0.29) is 79.2 Å². The van der Waals surface area contributed by atoms with Gasteiger partial charge in [0.15, 0.2) is 0 Å². The number of hydrogen-bond donors (Lipinski definition) is 1. The van der Waals surface area contributed by atoms with Gasteiger partial charge in [-0.2, -0.15) is 0 Å². The van der Waals surface area contributed by atoms with Gasteiger partial charge in [0.2, 0.25) is 0 Å². The molecule has 1 aliphatic heterocycles. The fraction of sp³-hybridized carbons (Fsp3) is 0.667. The molecule has 0 saturated heterocycles. The Morgan fingerprint density at radius 2 is 1.22 bits per heavy atom. The van der Waals surface area contributed by atoms with Gasteiger partial charge in [0.25, 0.3) is 0 Å². The molecule has 2 heterocycles. The zero-order valence-electron chi connectivity index (χ0n) is 21.3. The van der Waals surface area contributed by atoms with Crippen LogP contribution in [0.2, 0.25) is 0 Å². The number of aliphatic carboxylic acids is 3. The normalized spacial score (nSPS) is 18.7. The Hall–Kier alpha value is -1.28. The van der Waals surface area contributed by atoms with E-state index in [0.29, 0.717) is 11.4 Å². The maximum Gasteiger partial charge on any atom is 3.00 e. The molecule has 1 aromatic heterocycles. The molecular weight excluding hydrogens is 612 g/mol. The Morgan fingerprint density at radius 3 is 1.61 bits per heavy atom. The third kappa shape index (κ3) is 9.88. The molecule has 0 fully saturated rings. The molecule has 12 heteroatoms. The van der Waals surface area contributed by atoms with Crippen molar-refractivity contribution in [3.8, 4) is 0 Å². The molecule has 3 atom stereocenters. The van der Waals surface area contributed by atoms with E-state index >= 15 is 0 Å². The van der Waals surface area contributed by atoms with Gasteiger partial charge in [0.1, 0.15) is 0 Å². The maximum absolute atomic E-state index is 11.7. The Labute approximate surface area is 244 Å². The van der Waals surface area contributed by atoms with Crippen molar-refractivity contribution in [1.82, 2.24) is 25.0 Å². The molecule has 2 rings (SSSR count). The van der Waals surface area contributed by atoms with Crippen molar-refractivity contribution < 1.29 is 69.6 Å². The van der Waals surface area contributed by atoms with Crippen LogP contribution in [0.4, 0.5) is 0 Å². The summed E-state index contributed by atoms with van der Waals surface area (Å²) >= 11 is 0. The van der Waals surface area contributed by atoms with Crippen molar-refractivity contribution in [2.45, 2.75) is 64.8 Å². The van der Waals surface area contributed by atoms with E-state index in [9.17, 15) is 29.7 Å². The maximum atomic E-state index is 11.7. The van der Waals surface area contributed by atoms with Crippen molar-refractivity contribution >= 4 is 17.9 Å². The summed E-state index contributed by atoms with van der Waals surface area (Å²) in [6.07, 6.45) is 1.68. The van der Waals surface area contributed by atoms with E-state index in [0.717, 1.165) is 24.9 Å². The summed E-state index contributed by atoms with van der Waals surface area (Å²) in [5.74, 6) is -3.71. The third-order valence-electron chi connectivity index (χ3n) is 6.63. The summed E-state index contributed by atoms with van der Waals surface area (Å²) < 4.78 is 0. The first-order valence-corrected chi connectivity index (χ1v) is 12.0. The topological polar surface area (TPSA) is 155 Å². The number of nitrogens with one attached hydrogen (secondary N) is 1. The van der Waals surface area contributed by atoms with Gasteiger partial charge in [-0.1, -0.05) is 0 Å². The number of hydrogen-bond acceptors (Lipinski definition) is 11. The fourth-order valence-corrected chi connectivity index (χ4v) is 4.19. The van der Waals surface area contributed by atoms with Gasteiger partial charge in [0.05, 0.1) is 29.3 Å². The van der Waals surface area contributed by atoms with Crippen LogP contribution in [0.3, 0.4) is 0 Å². The molecule has 1 N–H and O–H groups in total. The third-order valence-corrected chi connectivity index (χ3v) is 6.63. The summed E-state index contributed by atoms with van der Waals surface area (Å²) in [7, 11) is 1.88. The molecule has 1 aromatic rings. The molecule has 1 radical (unpaired) electrons. The smallest absolute Gasteiger partial charge is 0.548 e.